The Morgan fingerprint density at radius 2 is 1.50 bits per heavy atom. The van der Waals surface area contributed by atoms with Crippen LogP contribution in [0.15, 0.2) is 18.2 Å². The molecule has 11 heteroatoms. The number of benzene rings is 1. The topological polar surface area (TPSA) is 114 Å². The number of amides is 5. The number of carbonyl (C=O) groups is 5. The molecule has 4 fully saturated rings. The zero-order valence-electron chi connectivity index (χ0n) is 24.4. The van der Waals surface area contributed by atoms with Crippen LogP contribution in [0.5, 0.6) is 0 Å². The van der Waals surface area contributed by atoms with Gasteiger partial charge in [0.1, 0.15) is 6.04 Å². The van der Waals surface area contributed by atoms with Crippen molar-refractivity contribution in [1.29, 1.82) is 0 Å². The number of imide groups is 2. The molecule has 11 nitrogen and oxygen atoms in total. The van der Waals surface area contributed by atoms with E-state index in [1.54, 1.807) is 12.1 Å². The van der Waals surface area contributed by atoms with Crippen molar-refractivity contribution in [1.82, 2.24) is 24.9 Å². The highest BCUT2D eigenvalue weighted by Crippen LogP contribution is 2.31. The van der Waals surface area contributed by atoms with Crippen LogP contribution in [-0.2, 0) is 14.4 Å². The Kier molecular flexibility index (Phi) is 8.57. The van der Waals surface area contributed by atoms with E-state index in [9.17, 15) is 24.0 Å². The maximum Gasteiger partial charge on any atom is 0.262 e. The number of hydrogen-bond acceptors (Lipinski definition) is 8. The largest absolute Gasteiger partial charge is 0.369 e. The quantitative estimate of drug-likeness (QED) is 0.482. The van der Waals surface area contributed by atoms with Gasteiger partial charge in [-0.25, -0.2) is 0 Å². The molecule has 0 spiro atoms. The fraction of sp³-hybridized carbons (Fsp3) is 0.645. The summed E-state index contributed by atoms with van der Waals surface area (Å²) in [7, 11) is 0. The summed E-state index contributed by atoms with van der Waals surface area (Å²) < 4.78 is 0. The van der Waals surface area contributed by atoms with Crippen LogP contribution in [0.2, 0.25) is 0 Å². The lowest BCUT2D eigenvalue weighted by molar-refractivity contribution is -0.136. The molecule has 6 rings (SSSR count). The van der Waals surface area contributed by atoms with Gasteiger partial charge in [-0.05, 0) is 75.7 Å². The lowest BCUT2D eigenvalue weighted by Crippen LogP contribution is -2.54. The first-order valence-electron chi connectivity index (χ1n) is 15.7. The van der Waals surface area contributed by atoms with Crippen LogP contribution < -0.4 is 10.2 Å². The summed E-state index contributed by atoms with van der Waals surface area (Å²) in [6.45, 7) is 9.53. The molecule has 1 atom stereocenters. The normalized spacial score (nSPS) is 24.8. The zero-order valence-corrected chi connectivity index (χ0v) is 24.4. The molecule has 1 unspecified atom stereocenters. The molecule has 5 amide bonds. The van der Waals surface area contributed by atoms with Gasteiger partial charge < -0.3 is 14.7 Å². The first-order valence-corrected chi connectivity index (χ1v) is 15.7. The van der Waals surface area contributed by atoms with Gasteiger partial charge in [-0.2, -0.15) is 0 Å². The smallest absolute Gasteiger partial charge is 0.262 e. The summed E-state index contributed by atoms with van der Waals surface area (Å²) in [6.07, 6.45) is 6.78. The van der Waals surface area contributed by atoms with E-state index in [-0.39, 0.29) is 18.7 Å². The van der Waals surface area contributed by atoms with E-state index in [4.69, 9.17) is 0 Å². The van der Waals surface area contributed by atoms with Crippen molar-refractivity contribution in [3.63, 3.8) is 0 Å². The first kappa shape index (κ1) is 28.8. The maximum absolute atomic E-state index is 13.2. The molecule has 0 radical (unpaired) electrons. The van der Waals surface area contributed by atoms with Gasteiger partial charge in [0.05, 0.1) is 11.1 Å². The van der Waals surface area contributed by atoms with Gasteiger partial charge in [-0.3, -0.25) is 39.1 Å². The average molecular weight is 579 g/mol. The van der Waals surface area contributed by atoms with Crippen LogP contribution in [0, 0.1) is 5.92 Å². The molecule has 226 valence electrons. The van der Waals surface area contributed by atoms with Crippen molar-refractivity contribution in [3.8, 4) is 0 Å². The number of anilines is 1. The van der Waals surface area contributed by atoms with E-state index in [0.29, 0.717) is 29.4 Å². The van der Waals surface area contributed by atoms with Crippen LogP contribution in [0.4, 0.5) is 5.69 Å². The lowest BCUT2D eigenvalue weighted by atomic mass is 9.95. The third-order valence-electron chi connectivity index (χ3n) is 9.73. The molecule has 5 aliphatic heterocycles. The number of carbonyl (C=O) groups excluding carboxylic acids is 5. The van der Waals surface area contributed by atoms with E-state index in [1.807, 2.05) is 11.0 Å². The fourth-order valence-corrected chi connectivity index (χ4v) is 7.16. The lowest BCUT2D eigenvalue weighted by Gasteiger charge is -2.39. The molecule has 42 heavy (non-hydrogen) atoms. The van der Waals surface area contributed by atoms with Crippen molar-refractivity contribution in [3.05, 3.63) is 29.3 Å². The number of likely N-dealkylation sites (tertiary alicyclic amines) is 2. The fourth-order valence-electron chi connectivity index (χ4n) is 7.16. The molecule has 1 aromatic rings. The van der Waals surface area contributed by atoms with Gasteiger partial charge in [0.15, 0.2) is 0 Å². The molecule has 4 saturated heterocycles. The SMILES string of the molecule is O=C1CCC(N2C(=O)c3ccc(N4CCN(CC5CCN(CCC(=O)N6CCCCC6)CC5)CC4)cc3C2=O)C(=O)N1. The molecular formula is C31H42N6O5. The van der Waals surface area contributed by atoms with Crippen LogP contribution in [0.25, 0.3) is 0 Å². The molecule has 5 aliphatic rings. The predicted octanol–water partition coefficient (Wildman–Crippen LogP) is 1.32. The van der Waals surface area contributed by atoms with Crippen LogP contribution >= 0.6 is 0 Å². The average Bonchev–Trinajstić information content (AvgIpc) is 3.26. The van der Waals surface area contributed by atoms with E-state index in [2.05, 4.69) is 20.0 Å². The molecule has 0 saturated carbocycles. The standard InChI is InChI=1S/C31H42N6O5/c38-27-7-6-26(29(40)32-27)37-30(41)24-5-4-23(20-25(24)31(37)42)35-18-16-34(17-19-35)21-22-8-13-33(14-9-22)15-10-28(39)36-11-2-1-3-12-36/h4-5,20,22,26H,1-3,6-19,21H2,(H,32,38,40). The van der Waals surface area contributed by atoms with E-state index < -0.39 is 23.8 Å². The van der Waals surface area contributed by atoms with Crippen molar-refractivity contribution >= 4 is 35.2 Å². The second kappa shape index (κ2) is 12.5. The van der Waals surface area contributed by atoms with Gasteiger partial charge >= 0.3 is 0 Å². The van der Waals surface area contributed by atoms with E-state index >= 15 is 0 Å². The second-order valence-electron chi connectivity index (χ2n) is 12.4. The third kappa shape index (κ3) is 6.08. The van der Waals surface area contributed by atoms with E-state index in [0.717, 1.165) is 88.9 Å². The number of piperazine rings is 1. The van der Waals surface area contributed by atoms with Gasteiger partial charge in [-0.15, -0.1) is 0 Å². The minimum Gasteiger partial charge on any atom is -0.369 e. The summed E-state index contributed by atoms with van der Waals surface area (Å²) in [4.78, 5) is 72.9. The number of hydrogen-bond donors (Lipinski definition) is 1. The molecule has 1 aromatic carbocycles. The van der Waals surface area contributed by atoms with Crippen molar-refractivity contribution in [2.24, 2.45) is 5.92 Å². The van der Waals surface area contributed by atoms with Crippen molar-refractivity contribution in [2.45, 2.75) is 57.4 Å². The van der Waals surface area contributed by atoms with Gasteiger partial charge in [0.2, 0.25) is 17.7 Å². The summed E-state index contributed by atoms with van der Waals surface area (Å²) in [5.41, 5.74) is 1.55. The van der Waals surface area contributed by atoms with Crippen molar-refractivity contribution in [2.75, 3.05) is 70.3 Å². The molecule has 5 heterocycles. The van der Waals surface area contributed by atoms with Gasteiger partial charge in [0.25, 0.3) is 11.8 Å². The summed E-state index contributed by atoms with van der Waals surface area (Å²) >= 11 is 0. The highest BCUT2D eigenvalue weighted by atomic mass is 16.2. The number of nitrogens with zero attached hydrogens (tertiary/aromatic N) is 5. The number of nitrogens with one attached hydrogen (secondary N) is 1. The van der Waals surface area contributed by atoms with Crippen LogP contribution in [-0.4, -0.2) is 121 Å². The highest BCUT2D eigenvalue weighted by Gasteiger charge is 2.44. The molecule has 1 N–H and O–H groups in total. The Balaban J connectivity index is 0.953. The molecular weight excluding hydrogens is 536 g/mol. The van der Waals surface area contributed by atoms with Crippen molar-refractivity contribution < 1.29 is 24.0 Å². The first-order chi connectivity index (χ1) is 20.4. The minimum absolute atomic E-state index is 0.109. The zero-order chi connectivity index (χ0) is 29.2. The summed E-state index contributed by atoms with van der Waals surface area (Å²) in [5.74, 6) is -0.914. The Morgan fingerprint density at radius 1 is 0.786 bits per heavy atom. The van der Waals surface area contributed by atoms with Crippen LogP contribution in [0.1, 0.15) is 72.1 Å². The van der Waals surface area contributed by atoms with Gasteiger partial charge in [-0.1, -0.05) is 0 Å². The van der Waals surface area contributed by atoms with Crippen LogP contribution in [0.3, 0.4) is 0 Å². The molecule has 0 bridgehead atoms. The number of rotatable bonds is 7. The number of fused-ring (bicyclic) bond motifs is 1. The number of piperidine rings is 3. The van der Waals surface area contributed by atoms with E-state index in [1.165, 1.54) is 19.3 Å². The molecule has 0 aromatic heterocycles. The Morgan fingerprint density at radius 3 is 2.21 bits per heavy atom. The minimum atomic E-state index is -0.948. The summed E-state index contributed by atoms with van der Waals surface area (Å²) in [5, 5.41) is 2.24. The maximum atomic E-state index is 13.2. The molecule has 0 aliphatic carbocycles. The highest BCUT2D eigenvalue weighted by molar-refractivity contribution is 6.23. The Bertz CT molecular complexity index is 1230. The Labute approximate surface area is 247 Å². The Hall–Kier alpha value is -3.31. The monoisotopic (exact) mass is 578 g/mol. The van der Waals surface area contributed by atoms with Gasteiger partial charge in [0, 0.05) is 70.9 Å². The summed E-state index contributed by atoms with van der Waals surface area (Å²) in [6, 6.07) is 4.41. The second-order valence-corrected chi connectivity index (χ2v) is 12.4. The third-order valence-corrected chi connectivity index (χ3v) is 9.73. The predicted molar refractivity (Wildman–Crippen MR) is 156 cm³/mol.